The van der Waals surface area contributed by atoms with Gasteiger partial charge in [0.1, 0.15) is 0 Å². The maximum atomic E-state index is 8.05. The minimum Gasteiger partial charge on any atom is -0.401 e. The van der Waals surface area contributed by atoms with E-state index >= 15 is 0 Å². The quantitative estimate of drug-likeness (QED) is 0.513. The van der Waals surface area contributed by atoms with Gasteiger partial charge in [0.15, 0.2) is 0 Å². The minimum absolute atomic E-state index is 0.275. The summed E-state index contributed by atoms with van der Waals surface area (Å²) in [5.74, 6) is 0. The van der Waals surface area contributed by atoms with E-state index < -0.39 is 0 Å². The third-order valence-electron chi connectivity index (χ3n) is 0.663. The van der Waals surface area contributed by atoms with E-state index in [9.17, 15) is 0 Å². The van der Waals surface area contributed by atoms with Crippen molar-refractivity contribution < 1.29 is 0 Å². The fourth-order valence-electron chi connectivity index (χ4n) is 0.315. The summed E-state index contributed by atoms with van der Waals surface area (Å²) in [7, 11) is 0. The highest BCUT2D eigenvalue weighted by atomic mass is 14.6. The van der Waals surface area contributed by atoms with Crippen molar-refractivity contribution in [1.29, 1.82) is 5.26 Å². The van der Waals surface area contributed by atoms with Crippen LogP contribution in [0, 0.1) is 11.3 Å². The average Bonchev–Trinajstić information content (AvgIpc) is 1.68. The molecule has 0 unspecified atom stereocenters. The van der Waals surface area contributed by atoms with Crippen molar-refractivity contribution in [2.75, 3.05) is 6.54 Å². The van der Waals surface area contributed by atoms with E-state index in [1.807, 2.05) is 6.07 Å². The van der Waals surface area contributed by atoms with Crippen LogP contribution < -0.4 is 11.5 Å². The molecule has 0 rings (SSSR count). The number of nitrogens with two attached hydrogens (primary N) is 2. The number of nitriles is 1. The molecule has 0 radical (unpaired) electrons. The zero-order chi connectivity index (χ0) is 6.41. The van der Waals surface area contributed by atoms with Gasteiger partial charge in [0.2, 0.25) is 0 Å². The number of hydrogen-bond acceptors (Lipinski definition) is 3. The van der Waals surface area contributed by atoms with E-state index in [4.69, 9.17) is 16.7 Å². The lowest BCUT2D eigenvalue weighted by Crippen LogP contribution is -2.01. The third-order valence-corrected chi connectivity index (χ3v) is 0.663. The Hall–Kier alpha value is -1.01. The van der Waals surface area contributed by atoms with Crippen LogP contribution in [0.5, 0.6) is 0 Å². The number of nitrogens with zero attached hydrogens (tertiary/aromatic N) is 1. The first-order valence-corrected chi connectivity index (χ1v) is 2.32. The van der Waals surface area contributed by atoms with Crippen molar-refractivity contribution in [3.05, 3.63) is 11.8 Å². The first-order valence-electron chi connectivity index (χ1n) is 2.32. The summed E-state index contributed by atoms with van der Waals surface area (Å²) in [6.45, 7) is 0.410. The summed E-state index contributed by atoms with van der Waals surface area (Å²) in [5, 5.41) is 8.05. The molecule has 0 aliphatic heterocycles. The average molecular weight is 111 g/mol. The minimum atomic E-state index is 0.275. The lowest BCUT2D eigenvalue weighted by atomic mass is 10.3. The van der Waals surface area contributed by atoms with Crippen LogP contribution in [0.4, 0.5) is 0 Å². The lowest BCUT2D eigenvalue weighted by molar-refractivity contribution is 1.12. The lowest BCUT2D eigenvalue weighted by Gasteiger charge is -1.87. The topological polar surface area (TPSA) is 75.8 Å². The Labute approximate surface area is 48.6 Å². The normalized spacial score (nSPS) is 10.8. The zero-order valence-corrected chi connectivity index (χ0v) is 4.59. The van der Waals surface area contributed by atoms with Crippen molar-refractivity contribution in [2.24, 2.45) is 11.5 Å². The molecule has 0 atom stereocenters. The summed E-state index contributed by atoms with van der Waals surface area (Å²) in [5.41, 5.74) is 10.9. The fourth-order valence-corrected chi connectivity index (χ4v) is 0.315. The molecule has 0 aliphatic rings. The van der Waals surface area contributed by atoms with Crippen molar-refractivity contribution >= 4 is 0 Å². The summed E-state index contributed by atoms with van der Waals surface area (Å²) < 4.78 is 0. The first kappa shape index (κ1) is 6.99. The fraction of sp³-hybridized carbons (Fsp3) is 0.400. The Balaban J connectivity index is 3.49. The Morgan fingerprint density at radius 1 is 1.75 bits per heavy atom. The van der Waals surface area contributed by atoms with Gasteiger partial charge in [0.05, 0.1) is 12.5 Å². The van der Waals surface area contributed by atoms with E-state index in [2.05, 4.69) is 0 Å². The van der Waals surface area contributed by atoms with Crippen LogP contribution in [-0.2, 0) is 0 Å². The summed E-state index contributed by atoms with van der Waals surface area (Å²) in [6, 6.07) is 1.90. The SMILES string of the molecule is N#CC/C(N)=C/CN. The molecular formula is C5H9N3. The summed E-state index contributed by atoms with van der Waals surface area (Å²) in [6.07, 6.45) is 1.90. The smallest absolute Gasteiger partial charge is 0.0744 e. The molecule has 0 fully saturated rings. The molecule has 0 saturated heterocycles. The van der Waals surface area contributed by atoms with Gasteiger partial charge in [-0.15, -0.1) is 0 Å². The van der Waals surface area contributed by atoms with Gasteiger partial charge in [-0.25, -0.2) is 0 Å². The van der Waals surface area contributed by atoms with Gasteiger partial charge < -0.3 is 11.5 Å². The largest absolute Gasteiger partial charge is 0.401 e. The highest BCUT2D eigenvalue weighted by Crippen LogP contribution is 1.86. The molecule has 0 amide bonds. The van der Waals surface area contributed by atoms with Gasteiger partial charge in [-0.2, -0.15) is 5.26 Å². The molecule has 8 heavy (non-hydrogen) atoms. The van der Waals surface area contributed by atoms with Crippen LogP contribution in [0.2, 0.25) is 0 Å². The number of hydrogen-bond donors (Lipinski definition) is 2. The van der Waals surface area contributed by atoms with E-state index in [0.717, 1.165) is 0 Å². The second-order valence-electron chi connectivity index (χ2n) is 1.35. The van der Waals surface area contributed by atoms with Crippen LogP contribution in [-0.4, -0.2) is 6.54 Å². The van der Waals surface area contributed by atoms with Gasteiger partial charge in [0, 0.05) is 12.2 Å². The van der Waals surface area contributed by atoms with Crippen molar-refractivity contribution in [2.45, 2.75) is 6.42 Å². The van der Waals surface area contributed by atoms with Crippen molar-refractivity contribution in [1.82, 2.24) is 0 Å². The summed E-state index contributed by atoms with van der Waals surface area (Å²) in [4.78, 5) is 0. The molecule has 0 aromatic heterocycles. The van der Waals surface area contributed by atoms with Crippen LogP contribution in [0.15, 0.2) is 11.8 Å². The molecular weight excluding hydrogens is 102 g/mol. The molecule has 0 aromatic carbocycles. The number of allylic oxidation sites excluding steroid dienone is 1. The predicted molar refractivity (Wildman–Crippen MR) is 31.6 cm³/mol. The van der Waals surface area contributed by atoms with Gasteiger partial charge in [0.25, 0.3) is 0 Å². The second-order valence-corrected chi connectivity index (χ2v) is 1.35. The van der Waals surface area contributed by atoms with E-state index in [-0.39, 0.29) is 6.42 Å². The molecule has 0 spiro atoms. The molecule has 44 valence electrons. The predicted octanol–water partition coefficient (Wildman–Crippen LogP) is -0.299. The van der Waals surface area contributed by atoms with E-state index in [1.165, 1.54) is 0 Å². The standard InChI is InChI=1S/C5H9N3/c6-3-1-5(8)2-4-7/h1H,2-3,6,8H2/b5-1-. The Kier molecular flexibility index (Phi) is 3.63. The van der Waals surface area contributed by atoms with Crippen molar-refractivity contribution in [3.8, 4) is 6.07 Å². The van der Waals surface area contributed by atoms with Crippen LogP contribution in [0.1, 0.15) is 6.42 Å². The molecule has 3 nitrogen and oxygen atoms in total. The molecule has 4 N–H and O–H groups in total. The van der Waals surface area contributed by atoms with Gasteiger partial charge in [-0.05, 0) is 0 Å². The maximum absolute atomic E-state index is 8.05. The molecule has 0 aliphatic carbocycles. The Morgan fingerprint density at radius 2 is 2.38 bits per heavy atom. The molecule has 0 heterocycles. The highest BCUT2D eigenvalue weighted by molar-refractivity contribution is 5.03. The molecule has 0 bridgehead atoms. The van der Waals surface area contributed by atoms with Gasteiger partial charge in [-0.1, -0.05) is 6.08 Å². The highest BCUT2D eigenvalue weighted by Gasteiger charge is 1.82. The van der Waals surface area contributed by atoms with Crippen LogP contribution in [0.25, 0.3) is 0 Å². The Morgan fingerprint density at radius 3 is 2.75 bits per heavy atom. The molecule has 0 aromatic rings. The van der Waals surface area contributed by atoms with Gasteiger partial charge in [-0.3, -0.25) is 0 Å². The molecule has 3 heteroatoms. The third kappa shape index (κ3) is 3.19. The first-order chi connectivity index (χ1) is 3.81. The van der Waals surface area contributed by atoms with E-state index in [0.29, 0.717) is 12.2 Å². The second kappa shape index (κ2) is 4.16. The molecule has 0 saturated carbocycles. The van der Waals surface area contributed by atoms with Gasteiger partial charge >= 0.3 is 0 Å². The monoisotopic (exact) mass is 111 g/mol. The van der Waals surface area contributed by atoms with E-state index in [1.54, 1.807) is 6.08 Å². The summed E-state index contributed by atoms with van der Waals surface area (Å²) >= 11 is 0. The number of rotatable bonds is 2. The van der Waals surface area contributed by atoms with Crippen LogP contribution >= 0.6 is 0 Å². The Bertz CT molecular complexity index is 120. The van der Waals surface area contributed by atoms with Crippen molar-refractivity contribution in [3.63, 3.8) is 0 Å². The maximum Gasteiger partial charge on any atom is 0.0744 e. The van der Waals surface area contributed by atoms with Crippen LogP contribution in [0.3, 0.4) is 0 Å². The zero-order valence-electron chi connectivity index (χ0n) is 4.59.